The summed E-state index contributed by atoms with van der Waals surface area (Å²) < 4.78 is 33.0. The van der Waals surface area contributed by atoms with Crippen molar-refractivity contribution in [1.82, 2.24) is 9.21 Å². The summed E-state index contributed by atoms with van der Waals surface area (Å²) in [7, 11) is -2.18. The van der Waals surface area contributed by atoms with Crippen molar-refractivity contribution in [3.63, 3.8) is 0 Å². The summed E-state index contributed by atoms with van der Waals surface area (Å²) in [4.78, 5) is 15.2. The van der Waals surface area contributed by atoms with Crippen molar-refractivity contribution in [2.45, 2.75) is 49.8 Å². The van der Waals surface area contributed by atoms with Crippen LogP contribution in [0.2, 0.25) is 0 Å². The molecule has 1 saturated carbocycles. The Hall–Kier alpha value is -1.60. The van der Waals surface area contributed by atoms with E-state index in [-0.39, 0.29) is 10.8 Å². The molecule has 2 saturated heterocycles. The zero-order chi connectivity index (χ0) is 19.7. The summed E-state index contributed by atoms with van der Waals surface area (Å²) in [6.45, 7) is 2.61. The van der Waals surface area contributed by atoms with Crippen molar-refractivity contribution in [1.29, 1.82) is 0 Å². The standard InChI is InChI=1S/C21H30N2O4S/c1-27-19-9-8-17(14-20(19)28(25,26)23-11-4-5-12-23)21(24)22-13-10-16-6-2-3-7-18(16)15-22/h8-9,14,16,18H,2-7,10-13,15H2,1H3/t16-,18-/m1/s1. The van der Waals surface area contributed by atoms with Crippen LogP contribution in [-0.4, -0.2) is 56.8 Å². The minimum Gasteiger partial charge on any atom is -0.495 e. The Balaban J connectivity index is 1.59. The van der Waals surface area contributed by atoms with Crippen molar-refractivity contribution < 1.29 is 17.9 Å². The summed E-state index contributed by atoms with van der Waals surface area (Å²) in [5.41, 5.74) is 0.438. The molecule has 6 nitrogen and oxygen atoms in total. The maximum atomic E-state index is 13.2. The molecule has 0 N–H and O–H groups in total. The fourth-order valence-corrected chi connectivity index (χ4v) is 6.75. The predicted octanol–water partition coefficient (Wildman–Crippen LogP) is 3.13. The van der Waals surface area contributed by atoms with Gasteiger partial charge in [0.15, 0.2) is 0 Å². The molecule has 0 aromatic heterocycles. The highest BCUT2D eigenvalue weighted by Crippen LogP contribution is 2.37. The lowest BCUT2D eigenvalue weighted by atomic mass is 9.75. The van der Waals surface area contributed by atoms with E-state index in [0.29, 0.717) is 30.3 Å². The molecule has 0 radical (unpaired) electrons. The number of nitrogens with zero attached hydrogens (tertiary/aromatic N) is 2. The van der Waals surface area contributed by atoms with Crippen LogP contribution in [0.5, 0.6) is 5.75 Å². The van der Waals surface area contributed by atoms with Crippen molar-refractivity contribution in [3.05, 3.63) is 23.8 Å². The first kappa shape index (κ1) is 19.7. The van der Waals surface area contributed by atoms with E-state index in [1.165, 1.54) is 43.2 Å². The van der Waals surface area contributed by atoms with Crippen LogP contribution in [0.1, 0.15) is 55.3 Å². The number of rotatable bonds is 4. The normalized spacial score (nSPS) is 26.1. The molecule has 28 heavy (non-hydrogen) atoms. The lowest BCUT2D eigenvalue weighted by molar-refractivity contribution is 0.0520. The van der Waals surface area contributed by atoms with E-state index in [1.807, 2.05) is 4.90 Å². The summed E-state index contributed by atoms with van der Waals surface area (Å²) in [6, 6.07) is 4.82. The number of amides is 1. The van der Waals surface area contributed by atoms with E-state index in [1.54, 1.807) is 12.1 Å². The zero-order valence-electron chi connectivity index (χ0n) is 16.6. The van der Waals surface area contributed by atoms with E-state index in [0.717, 1.165) is 38.3 Å². The Labute approximate surface area is 167 Å². The maximum Gasteiger partial charge on any atom is 0.253 e. The number of likely N-dealkylation sites (tertiary alicyclic amines) is 1. The first-order valence-corrected chi connectivity index (χ1v) is 11.9. The number of carbonyl (C=O) groups excluding carboxylic acids is 1. The second-order valence-corrected chi connectivity index (χ2v) is 10.2. The zero-order valence-corrected chi connectivity index (χ0v) is 17.4. The van der Waals surface area contributed by atoms with Crippen molar-refractivity contribution in [2.75, 3.05) is 33.3 Å². The van der Waals surface area contributed by atoms with Crippen LogP contribution in [-0.2, 0) is 10.0 Å². The quantitative estimate of drug-likeness (QED) is 0.770. The second-order valence-electron chi connectivity index (χ2n) is 8.32. The molecule has 7 heteroatoms. The largest absolute Gasteiger partial charge is 0.495 e. The van der Waals surface area contributed by atoms with Crippen LogP contribution in [0, 0.1) is 11.8 Å². The van der Waals surface area contributed by atoms with Crippen molar-refractivity contribution >= 4 is 15.9 Å². The smallest absolute Gasteiger partial charge is 0.253 e. The fourth-order valence-electron chi connectivity index (χ4n) is 5.05. The number of carbonyl (C=O) groups is 1. The molecule has 0 unspecified atom stereocenters. The third-order valence-electron chi connectivity index (χ3n) is 6.67. The van der Waals surface area contributed by atoms with E-state index in [9.17, 15) is 13.2 Å². The number of benzene rings is 1. The monoisotopic (exact) mass is 406 g/mol. The lowest BCUT2D eigenvalue weighted by Gasteiger charge is -2.41. The Bertz CT molecular complexity index is 833. The van der Waals surface area contributed by atoms with Gasteiger partial charge in [0.1, 0.15) is 10.6 Å². The van der Waals surface area contributed by atoms with Gasteiger partial charge in [0.05, 0.1) is 7.11 Å². The molecule has 3 aliphatic rings. The molecular formula is C21H30N2O4S. The van der Waals surface area contributed by atoms with Gasteiger partial charge >= 0.3 is 0 Å². The first-order chi connectivity index (χ1) is 13.5. The van der Waals surface area contributed by atoms with Crippen LogP contribution >= 0.6 is 0 Å². The highest BCUT2D eigenvalue weighted by atomic mass is 32.2. The number of fused-ring (bicyclic) bond motifs is 1. The Kier molecular flexibility index (Phi) is 5.65. The van der Waals surface area contributed by atoms with Gasteiger partial charge in [0.25, 0.3) is 5.91 Å². The molecule has 3 fully saturated rings. The van der Waals surface area contributed by atoms with Crippen LogP contribution in [0.15, 0.2) is 23.1 Å². The SMILES string of the molecule is COc1ccc(C(=O)N2CC[C@H]3CCCC[C@@H]3C2)cc1S(=O)(=O)N1CCCC1. The second kappa shape index (κ2) is 8.03. The van der Waals surface area contributed by atoms with Gasteiger partial charge in [-0.25, -0.2) is 8.42 Å². The molecule has 1 aliphatic carbocycles. The molecule has 2 aliphatic heterocycles. The molecular weight excluding hydrogens is 376 g/mol. The van der Waals surface area contributed by atoms with Gasteiger partial charge in [-0.05, 0) is 55.7 Å². The molecule has 1 aromatic rings. The molecule has 4 rings (SSSR count). The number of ether oxygens (including phenoxy) is 1. The van der Waals surface area contributed by atoms with Crippen LogP contribution < -0.4 is 4.74 Å². The highest BCUT2D eigenvalue weighted by molar-refractivity contribution is 7.89. The average molecular weight is 407 g/mol. The lowest BCUT2D eigenvalue weighted by Crippen LogP contribution is -2.44. The average Bonchev–Trinajstić information content (AvgIpc) is 3.28. The minimum absolute atomic E-state index is 0.0652. The molecule has 2 heterocycles. The Morgan fingerprint density at radius 1 is 1.00 bits per heavy atom. The van der Waals surface area contributed by atoms with E-state index in [4.69, 9.17) is 4.74 Å². The molecule has 0 bridgehead atoms. The maximum absolute atomic E-state index is 13.2. The van der Waals surface area contributed by atoms with Gasteiger partial charge in [0, 0.05) is 31.7 Å². The Morgan fingerprint density at radius 3 is 2.43 bits per heavy atom. The minimum atomic E-state index is -3.65. The number of hydrogen-bond acceptors (Lipinski definition) is 4. The van der Waals surface area contributed by atoms with E-state index in [2.05, 4.69) is 0 Å². The Morgan fingerprint density at radius 2 is 1.71 bits per heavy atom. The van der Waals surface area contributed by atoms with Crippen LogP contribution in [0.4, 0.5) is 0 Å². The number of piperidine rings is 1. The van der Waals surface area contributed by atoms with Crippen LogP contribution in [0.25, 0.3) is 0 Å². The number of hydrogen-bond donors (Lipinski definition) is 0. The molecule has 0 spiro atoms. The van der Waals surface area contributed by atoms with Gasteiger partial charge in [-0.2, -0.15) is 4.31 Å². The summed E-state index contributed by atoms with van der Waals surface area (Å²) in [5, 5.41) is 0. The topological polar surface area (TPSA) is 66.9 Å². The summed E-state index contributed by atoms with van der Waals surface area (Å²) in [5.74, 6) is 1.58. The van der Waals surface area contributed by atoms with Crippen LogP contribution in [0.3, 0.4) is 0 Å². The molecule has 1 aromatic carbocycles. The fraction of sp³-hybridized carbons (Fsp3) is 0.667. The number of methoxy groups -OCH3 is 1. The van der Waals surface area contributed by atoms with Crippen molar-refractivity contribution in [2.24, 2.45) is 11.8 Å². The summed E-state index contributed by atoms with van der Waals surface area (Å²) >= 11 is 0. The number of sulfonamides is 1. The first-order valence-electron chi connectivity index (χ1n) is 10.5. The third kappa shape index (κ3) is 3.66. The van der Waals surface area contributed by atoms with E-state index >= 15 is 0 Å². The van der Waals surface area contributed by atoms with Crippen molar-refractivity contribution in [3.8, 4) is 5.75 Å². The molecule has 2 atom stereocenters. The molecule has 154 valence electrons. The van der Waals surface area contributed by atoms with Gasteiger partial charge in [-0.1, -0.05) is 19.3 Å². The van der Waals surface area contributed by atoms with Gasteiger partial charge in [0.2, 0.25) is 10.0 Å². The summed E-state index contributed by atoms with van der Waals surface area (Å²) in [6.07, 6.45) is 7.85. The molecule has 1 amide bonds. The predicted molar refractivity (Wildman–Crippen MR) is 107 cm³/mol. The van der Waals surface area contributed by atoms with Gasteiger partial charge < -0.3 is 9.64 Å². The van der Waals surface area contributed by atoms with E-state index < -0.39 is 10.0 Å². The third-order valence-corrected chi connectivity index (χ3v) is 8.59. The van der Waals surface area contributed by atoms with Gasteiger partial charge in [-0.15, -0.1) is 0 Å². The highest BCUT2D eigenvalue weighted by Gasteiger charge is 2.35. The van der Waals surface area contributed by atoms with Gasteiger partial charge in [-0.3, -0.25) is 4.79 Å².